The molecule has 0 aliphatic carbocycles. The minimum atomic E-state index is -0.146. The van der Waals surface area contributed by atoms with E-state index in [1.54, 1.807) is 6.33 Å². The van der Waals surface area contributed by atoms with Gasteiger partial charge in [-0.3, -0.25) is 4.79 Å². The maximum Gasteiger partial charge on any atom is 0.258 e. The highest BCUT2D eigenvalue weighted by atomic mass is 16.5. The van der Waals surface area contributed by atoms with Crippen LogP contribution in [0.25, 0.3) is 10.8 Å². The van der Waals surface area contributed by atoms with Crippen LogP contribution in [0.5, 0.6) is 5.75 Å². The van der Waals surface area contributed by atoms with Crippen LogP contribution in [0.2, 0.25) is 0 Å². The molecule has 0 unspecified atom stereocenters. The molecule has 25 heavy (non-hydrogen) atoms. The molecule has 0 aliphatic rings. The maximum atomic E-state index is 12.0. The molecule has 1 aromatic heterocycles. The molecular weight excluding hydrogens is 316 g/mol. The summed E-state index contributed by atoms with van der Waals surface area (Å²) in [5, 5.41) is 13.1. The van der Waals surface area contributed by atoms with Crippen LogP contribution in [0.15, 0.2) is 48.8 Å². The Kier molecular flexibility index (Phi) is 5.28. The fourth-order valence-corrected chi connectivity index (χ4v) is 2.66. The monoisotopic (exact) mass is 338 g/mol. The van der Waals surface area contributed by atoms with Crippen molar-refractivity contribution in [3.8, 4) is 5.75 Å². The van der Waals surface area contributed by atoms with Crippen molar-refractivity contribution in [2.75, 3.05) is 13.2 Å². The van der Waals surface area contributed by atoms with Crippen molar-refractivity contribution >= 4 is 16.7 Å². The van der Waals surface area contributed by atoms with E-state index in [1.807, 2.05) is 47.0 Å². The zero-order valence-corrected chi connectivity index (χ0v) is 14.5. The van der Waals surface area contributed by atoms with Gasteiger partial charge in [0.2, 0.25) is 0 Å². The van der Waals surface area contributed by atoms with Gasteiger partial charge in [-0.2, -0.15) is 0 Å². The van der Waals surface area contributed by atoms with Crippen molar-refractivity contribution in [1.82, 2.24) is 20.1 Å². The average molecular weight is 338 g/mol. The molecule has 0 atom stereocenters. The van der Waals surface area contributed by atoms with Crippen LogP contribution >= 0.6 is 0 Å². The SMILES string of the molecule is CC(C)c1nncn1CCNC(=O)COc1ccc2ccccc2c1. The molecule has 3 rings (SSSR count). The van der Waals surface area contributed by atoms with Crippen LogP contribution < -0.4 is 10.1 Å². The van der Waals surface area contributed by atoms with Gasteiger partial charge in [0.15, 0.2) is 6.61 Å². The number of ether oxygens (including phenoxy) is 1. The summed E-state index contributed by atoms with van der Waals surface area (Å²) in [5.74, 6) is 1.76. The number of rotatable bonds is 7. The van der Waals surface area contributed by atoms with Crippen molar-refractivity contribution in [2.24, 2.45) is 0 Å². The Bertz CT molecular complexity index is 857. The van der Waals surface area contributed by atoms with Gasteiger partial charge >= 0.3 is 0 Å². The lowest BCUT2D eigenvalue weighted by Gasteiger charge is -2.10. The quantitative estimate of drug-likeness (QED) is 0.719. The highest BCUT2D eigenvalue weighted by Crippen LogP contribution is 2.20. The van der Waals surface area contributed by atoms with Gasteiger partial charge in [0.05, 0.1) is 0 Å². The second-order valence-corrected chi connectivity index (χ2v) is 6.18. The second-order valence-electron chi connectivity index (χ2n) is 6.18. The lowest BCUT2D eigenvalue weighted by molar-refractivity contribution is -0.123. The number of nitrogens with one attached hydrogen (secondary N) is 1. The van der Waals surface area contributed by atoms with Gasteiger partial charge < -0.3 is 14.6 Å². The number of nitrogens with zero attached hydrogens (tertiary/aromatic N) is 3. The van der Waals surface area contributed by atoms with Gasteiger partial charge in [-0.1, -0.05) is 44.2 Å². The number of carbonyl (C=O) groups is 1. The van der Waals surface area contributed by atoms with E-state index in [0.717, 1.165) is 16.6 Å². The summed E-state index contributed by atoms with van der Waals surface area (Å²) >= 11 is 0. The van der Waals surface area contributed by atoms with E-state index < -0.39 is 0 Å². The van der Waals surface area contributed by atoms with E-state index in [1.165, 1.54) is 0 Å². The second kappa shape index (κ2) is 7.79. The lowest BCUT2D eigenvalue weighted by atomic mass is 10.1. The van der Waals surface area contributed by atoms with Crippen molar-refractivity contribution in [2.45, 2.75) is 26.3 Å². The Balaban J connectivity index is 1.46. The van der Waals surface area contributed by atoms with Crippen LogP contribution in [0.4, 0.5) is 0 Å². The minimum absolute atomic E-state index is 0.00242. The fraction of sp³-hybridized carbons (Fsp3) is 0.316. The lowest BCUT2D eigenvalue weighted by Crippen LogP contribution is -2.31. The summed E-state index contributed by atoms with van der Waals surface area (Å²) in [4.78, 5) is 12.0. The molecule has 130 valence electrons. The summed E-state index contributed by atoms with van der Waals surface area (Å²) in [6.07, 6.45) is 1.69. The first kappa shape index (κ1) is 17.0. The smallest absolute Gasteiger partial charge is 0.258 e. The molecule has 6 nitrogen and oxygen atoms in total. The molecule has 2 aromatic carbocycles. The first-order valence-electron chi connectivity index (χ1n) is 8.39. The Morgan fingerprint density at radius 1 is 1.20 bits per heavy atom. The van der Waals surface area contributed by atoms with E-state index >= 15 is 0 Å². The largest absolute Gasteiger partial charge is 0.484 e. The molecule has 0 bridgehead atoms. The molecule has 0 saturated heterocycles. The van der Waals surface area contributed by atoms with Crippen molar-refractivity contribution in [3.63, 3.8) is 0 Å². The average Bonchev–Trinajstić information content (AvgIpc) is 3.08. The maximum absolute atomic E-state index is 12.0. The molecule has 6 heteroatoms. The van der Waals surface area contributed by atoms with Crippen LogP contribution in [-0.2, 0) is 11.3 Å². The third kappa shape index (κ3) is 4.35. The zero-order chi connectivity index (χ0) is 17.6. The van der Waals surface area contributed by atoms with Gasteiger partial charge in [0.25, 0.3) is 5.91 Å². The number of benzene rings is 2. The van der Waals surface area contributed by atoms with Gasteiger partial charge in [0, 0.05) is 19.0 Å². The third-order valence-corrected chi connectivity index (χ3v) is 3.93. The Labute approximate surface area is 146 Å². The highest BCUT2D eigenvalue weighted by molar-refractivity contribution is 5.84. The van der Waals surface area contributed by atoms with Gasteiger partial charge in [-0.25, -0.2) is 0 Å². The van der Waals surface area contributed by atoms with Crippen LogP contribution in [-0.4, -0.2) is 33.8 Å². The number of hydrogen-bond donors (Lipinski definition) is 1. The number of amides is 1. The van der Waals surface area contributed by atoms with E-state index in [9.17, 15) is 4.79 Å². The summed E-state index contributed by atoms with van der Waals surface area (Å²) in [6.45, 7) is 5.28. The Morgan fingerprint density at radius 3 is 2.80 bits per heavy atom. The standard InChI is InChI=1S/C19H22N4O2/c1-14(2)19-22-21-13-23(19)10-9-20-18(24)12-25-17-8-7-15-5-3-4-6-16(15)11-17/h3-8,11,13-14H,9-10,12H2,1-2H3,(H,20,24). The summed E-state index contributed by atoms with van der Waals surface area (Å²) in [7, 11) is 0. The Hall–Kier alpha value is -2.89. The Morgan fingerprint density at radius 2 is 2.00 bits per heavy atom. The highest BCUT2D eigenvalue weighted by Gasteiger charge is 2.09. The predicted molar refractivity (Wildman–Crippen MR) is 96.6 cm³/mol. The topological polar surface area (TPSA) is 69.0 Å². The van der Waals surface area contributed by atoms with Crippen molar-refractivity contribution in [3.05, 3.63) is 54.6 Å². The summed E-state index contributed by atoms with van der Waals surface area (Å²) in [5.41, 5.74) is 0. The van der Waals surface area contributed by atoms with Gasteiger partial charge in [-0.05, 0) is 22.9 Å². The van der Waals surface area contributed by atoms with Crippen LogP contribution in [0.3, 0.4) is 0 Å². The van der Waals surface area contributed by atoms with E-state index in [2.05, 4.69) is 29.4 Å². The number of carbonyl (C=O) groups excluding carboxylic acids is 1. The predicted octanol–water partition coefficient (Wildman–Crippen LogP) is 2.75. The van der Waals surface area contributed by atoms with Crippen LogP contribution in [0, 0.1) is 0 Å². The van der Waals surface area contributed by atoms with Crippen molar-refractivity contribution in [1.29, 1.82) is 0 Å². The van der Waals surface area contributed by atoms with E-state index in [-0.39, 0.29) is 12.5 Å². The normalized spacial score (nSPS) is 11.0. The molecule has 0 radical (unpaired) electrons. The number of hydrogen-bond acceptors (Lipinski definition) is 4. The molecule has 0 fully saturated rings. The number of aromatic nitrogens is 3. The molecule has 0 spiro atoms. The van der Waals surface area contributed by atoms with E-state index in [4.69, 9.17) is 4.74 Å². The molecule has 1 N–H and O–H groups in total. The number of fused-ring (bicyclic) bond motifs is 1. The molecular formula is C19H22N4O2. The minimum Gasteiger partial charge on any atom is -0.484 e. The first-order chi connectivity index (χ1) is 12.1. The fourth-order valence-electron chi connectivity index (χ4n) is 2.66. The zero-order valence-electron chi connectivity index (χ0n) is 14.5. The summed E-state index contributed by atoms with van der Waals surface area (Å²) in [6, 6.07) is 13.8. The molecule has 1 heterocycles. The van der Waals surface area contributed by atoms with E-state index in [0.29, 0.717) is 24.8 Å². The third-order valence-electron chi connectivity index (χ3n) is 3.93. The van der Waals surface area contributed by atoms with Crippen LogP contribution in [0.1, 0.15) is 25.6 Å². The molecule has 0 saturated carbocycles. The van der Waals surface area contributed by atoms with Gasteiger partial charge in [-0.15, -0.1) is 10.2 Å². The molecule has 1 amide bonds. The molecule has 0 aliphatic heterocycles. The van der Waals surface area contributed by atoms with Crippen molar-refractivity contribution < 1.29 is 9.53 Å². The summed E-state index contributed by atoms with van der Waals surface area (Å²) < 4.78 is 7.54. The molecule has 3 aromatic rings. The first-order valence-corrected chi connectivity index (χ1v) is 8.39. The van der Waals surface area contributed by atoms with Gasteiger partial charge in [0.1, 0.15) is 17.9 Å².